The highest BCUT2D eigenvalue weighted by Crippen LogP contribution is 2.42. The van der Waals surface area contributed by atoms with Crippen molar-refractivity contribution in [2.75, 3.05) is 0 Å². The van der Waals surface area contributed by atoms with Gasteiger partial charge in [0.25, 0.3) is 0 Å². The Kier molecular flexibility index (Phi) is 5.02. The summed E-state index contributed by atoms with van der Waals surface area (Å²) in [6, 6.07) is 19.2. The third kappa shape index (κ3) is 2.96. The van der Waals surface area contributed by atoms with Gasteiger partial charge < -0.3 is 9.13 Å². The summed E-state index contributed by atoms with van der Waals surface area (Å²) in [4.78, 5) is 0. The van der Waals surface area contributed by atoms with Gasteiger partial charge in [-0.1, -0.05) is 68.1 Å². The maximum absolute atomic E-state index is 4.19. The number of nitrogens with zero attached hydrogens (tertiary/aromatic N) is 2. The second kappa shape index (κ2) is 7.63. The first-order chi connectivity index (χ1) is 14.1. The average Bonchev–Trinajstić information content (AvgIpc) is 3.19. The lowest BCUT2D eigenvalue weighted by atomic mass is 10.00. The first-order valence-electron chi connectivity index (χ1n) is 10.2. The van der Waals surface area contributed by atoms with E-state index in [1.165, 1.54) is 44.7 Å². The van der Waals surface area contributed by atoms with Gasteiger partial charge in [-0.2, -0.15) is 0 Å². The molecule has 2 heteroatoms. The fourth-order valence-corrected chi connectivity index (χ4v) is 4.28. The van der Waals surface area contributed by atoms with Gasteiger partial charge in [-0.3, -0.25) is 0 Å². The normalized spacial score (nSPS) is 11.6. The van der Waals surface area contributed by atoms with Crippen molar-refractivity contribution in [2.45, 2.75) is 27.2 Å². The van der Waals surface area contributed by atoms with Crippen LogP contribution < -0.4 is 0 Å². The molecule has 146 valence electrons. The van der Waals surface area contributed by atoms with Crippen LogP contribution in [0.2, 0.25) is 0 Å². The van der Waals surface area contributed by atoms with Crippen LogP contribution in [-0.4, -0.2) is 9.13 Å². The lowest BCUT2D eigenvalue weighted by molar-refractivity contribution is 0.843. The fourth-order valence-electron chi connectivity index (χ4n) is 4.28. The molecule has 0 aliphatic carbocycles. The molecule has 0 bridgehead atoms. The molecule has 4 rings (SSSR count). The maximum atomic E-state index is 4.19. The summed E-state index contributed by atoms with van der Waals surface area (Å²) in [5, 5.41) is 1.23. The van der Waals surface area contributed by atoms with E-state index in [0.29, 0.717) is 0 Å². The summed E-state index contributed by atoms with van der Waals surface area (Å²) >= 11 is 0. The van der Waals surface area contributed by atoms with Gasteiger partial charge in [0.05, 0.1) is 11.2 Å². The molecule has 0 aliphatic heterocycles. The van der Waals surface area contributed by atoms with Gasteiger partial charge in [0, 0.05) is 46.2 Å². The molecule has 0 aliphatic rings. The Balaban J connectivity index is 2.20. The summed E-state index contributed by atoms with van der Waals surface area (Å²) in [7, 11) is 2.15. The number of aromatic nitrogens is 2. The standard InChI is InChI=1S/C27H28N2/c1-6-8-16-23-19(3)28(5)20(4)26(23)27-22(7-2)24-17-12-13-18-25(24)29(27)21-14-10-9-11-15-21/h7-18H,2,6H2,1,3-5H3/b16-8-. The van der Waals surface area contributed by atoms with Crippen LogP contribution in [0.4, 0.5) is 0 Å². The molecule has 0 N–H and O–H groups in total. The number of fused-ring (bicyclic) bond motifs is 1. The Hall–Kier alpha value is -3.26. The molecular weight excluding hydrogens is 352 g/mol. The Labute approximate surface area is 173 Å². The van der Waals surface area contributed by atoms with Crippen molar-refractivity contribution in [3.63, 3.8) is 0 Å². The van der Waals surface area contributed by atoms with Gasteiger partial charge in [-0.15, -0.1) is 0 Å². The molecule has 0 radical (unpaired) electrons. The Morgan fingerprint density at radius 2 is 1.59 bits per heavy atom. The van der Waals surface area contributed by atoms with E-state index in [2.05, 4.69) is 110 Å². The molecule has 0 amide bonds. The quantitative estimate of drug-likeness (QED) is 0.343. The van der Waals surface area contributed by atoms with Crippen molar-refractivity contribution in [2.24, 2.45) is 7.05 Å². The lowest BCUT2D eigenvalue weighted by Gasteiger charge is -2.13. The first-order valence-corrected chi connectivity index (χ1v) is 10.2. The predicted molar refractivity (Wildman–Crippen MR) is 127 cm³/mol. The van der Waals surface area contributed by atoms with Crippen LogP contribution in [0.1, 0.15) is 35.9 Å². The van der Waals surface area contributed by atoms with Crippen LogP contribution in [0.15, 0.2) is 67.3 Å². The summed E-state index contributed by atoms with van der Waals surface area (Å²) in [5.41, 5.74) is 9.88. The zero-order valence-electron chi connectivity index (χ0n) is 17.7. The molecule has 0 saturated heterocycles. The van der Waals surface area contributed by atoms with Crippen molar-refractivity contribution in [3.05, 3.63) is 89.8 Å². The monoisotopic (exact) mass is 380 g/mol. The number of hydrogen-bond acceptors (Lipinski definition) is 0. The van der Waals surface area contributed by atoms with Crippen LogP contribution in [-0.2, 0) is 7.05 Å². The fraction of sp³-hybridized carbons (Fsp3) is 0.185. The summed E-state index contributed by atoms with van der Waals surface area (Å²) in [5.74, 6) is 0. The van der Waals surface area contributed by atoms with E-state index >= 15 is 0 Å². The van der Waals surface area contributed by atoms with E-state index in [0.717, 1.165) is 12.1 Å². The molecule has 0 fully saturated rings. The number of allylic oxidation sites excluding steroid dienone is 1. The molecule has 0 unspecified atom stereocenters. The molecule has 2 nitrogen and oxygen atoms in total. The van der Waals surface area contributed by atoms with Crippen molar-refractivity contribution in [1.29, 1.82) is 0 Å². The lowest BCUT2D eigenvalue weighted by Crippen LogP contribution is -1.99. The summed E-state index contributed by atoms with van der Waals surface area (Å²) in [6.07, 6.45) is 7.54. The number of rotatable bonds is 5. The van der Waals surface area contributed by atoms with Crippen LogP contribution in [0.3, 0.4) is 0 Å². The number of hydrogen-bond donors (Lipinski definition) is 0. The molecule has 4 aromatic rings. The highest BCUT2D eigenvalue weighted by molar-refractivity contribution is 6.00. The van der Waals surface area contributed by atoms with Crippen LogP contribution in [0.5, 0.6) is 0 Å². The smallest absolute Gasteiger partial charge is 0.0637 e. The third-order valence-electron chi connectivity index (χ3n) is 5.92. The topological polar surface area (TPSA) is 9.86 Å². The van der Waals surface area contributed by atoms with E-state index < -0.39 is 0 Å². The zero-order valence-corrected chi connectivity index (χ0v) is 17.7. The molecule has 0 atom stereocenters. The third-order valence-corrected chi connectivity index (χ3v) is 5.92. The average molecular weight is 381 g/mol. The van der Waals surface area contributed by atoms with Crippen molar-refractivity contribution < 1.29 is 0 Å². The number of para-hydroxylation sites is 2. The largest absolute Gasteiger partial charge is 0.351 e. The van der Waals surface area contributed by atoms with Crippen molar-refractivity contribution >= 4 is 23.1 Å². The van der Waals surface area contributed by atoms with Crippen molar-refractivity contribution in [3.8, 4) is 16.9 Å². The Morgan fingerprint density at radius 3 is 2.28 bits per heavy atom. The van der Waals surface area contributed by atoms with Gasteiger partial charge in [-0.25, -0.2) is 0 Å². The Morgan fingerprint density at radius 1 is 0.897 bits per heavy atom. The van der Waals surface area contributed by atoms with Gasteiger partial charge >= 0.3 is 0 Å². The first kappa shape index (κ1) is 19.1. The van der Waals surface area contributed by atoms with E-state index in [1.54, 1.807) is 0 Å². The Bertz CT molecular complexity index is 1220. The van der Waals surface area contributed by atoms with Crippen LogP contribution in [0, 0.1) is 13.8 Å². The molecule has 0 spiro atoms. The van der Waals surface area contributed by atoms with Crippen molar-refractivity contribution in [1.82, 2.24) is 9.13 Å². The summed E-state index contributed by atoms with van der Waals surface area (Å²) < 4.78 is 4.68. The zero-order chi connectivity index (χ0) is 20.5. The SMILES string of the molecule is C=Cc1c(-c2c(/C=C\CC)c(C)n(C)c2C)n(-c2ccccc2)c2ccccc12. The van der Waals surface area contributed by atoms with Crippen LogP contribution >= 0.6 is 0 Å². The van der Waals surface area contributed by atoms with E-state index in [4.69, 9.17) is 0 Å². The maximum Gasteiger partial charge on any atom is 0.0637 e. The van der Waals surface area contributed by atoms with E-state index in [-0.39, 0.29) is 0 Å². The van der Waals surface area contributed by atoms with E-state index in [9.17, 15) is 0 Å². The number of benzene rings is 2. The molecule has 2 aromatic heterocycles. The second-order valence-electron chi connectivity index (χ2n) is 7.48. The van der Waals surface area contributed by atoms with Gasteiger partial charge in [0.15, 0.2) is 0 Å². The summed E-state index contributed by atoms with van der Waals surface area (Å²) in [6.45, 7) is 10.8. The molecular formula is C27H28N2. The molecule has 2 heterocycles. The van der Waals surface area contributed by atoms with Gasteiger partial charge in [0.1, 0.15) is 0 Å². The predicted octanol–water partition coefficient (Wildman–Crippen LogP) is 7.32. The highest BCUT2D eigenvalue weighted by atomic mass is 15.0. The highest BCUT2D eigenvalue weighted by Gasteiger charge is 2.24. The minimum Gasteiger partial charge on any atom is -0.351 e. The minimum atomic E-state index is 1.02. The molecule has 0 saturated carbocycles. The van der Waals surface area contributed by atoms with E-state index in [1.807, 2.05) is 6.08 Å². The molecule has 29 heavy (non-hydrogen) atoms. The van der Waals surface area contributed by atoms with Crippen LogP contribution in [0.25, 0.3) is 40.0 Å². The molecule has 2 aromatic carbocycles. The van der Waals surface area contributed by atoms with Gasteiger partial charge in [-0.05, 0) is 38.5 Å². The second-order valence-corrected chi connectivity index (χ2v) is 7.48. The minimum absolute atomic E-state index is 1.02. The van der Waals surface area contributed by atoms with Gasteiger partial charge in [0.2, 0.25) is 0 Å².